The molecule has 0 saturated carbocycles. The molecule has 7 nitrogen and oxygen atoms in total. The summed E-state index contributed by atoms with van der Waals surface area (Å²) in [6.07, 6.45) is 7.41. The second-order valence-electron chi connectivity index (χ2n) is 8.10. The number of anilines is 1. The van der Waals surface area contributed by atoms with Crippen LogP contribution in [0, 0.1) is 0 Å². The van der Waals surface area contributed by atoms with Crippen molar-refractivity contribution in [3.8, 4) is 0 Å². The standard InChI is InChI=1S/C20H20N4O3S/c25-19-4-1-12-7-15(8-13-5-6-23(19)20(12)13)28(26,27)24-14-2-3-18(24)16-10-21-11-22-17(16)9-14/h7-8,10-11,14,18H,1-6,9H2. The molecule has 0 N–H and O–H groups in total. The number of carbonyl (C=O) groups excluding carboxylic acids is 1. The van der Waals surface area contributed by atoms with E-state index in [1.807, 2.05) is 4.90 Å². The highest BCUT2D eigenvalue weighted by Crippen LogP contribution is 2.47. The van der Waals surface area contributed by atoms with E-state index in [1.165, 1.54) is 0 Å². The van der Waals surface area contributed by atoms with Gasteiger partial charge in [-0.3, -0.25) is 4.79 Å². The third-order valence-corrected chi connectivity index (χ3v) is 8.60. The Kier molecular flexibility index (Phi) is 3.33. The van der Waals surface area contributed by atoms with Crippen molar-refractivity contribution in [2.45, 2.75) is 55.5 Å². The summed E-state index contributed by atoms with van der Waals surface area (Å²) >= 11 is 0. The number of aromatic nitrogens is 2. The molecule has 28 heavy (non-hydrogen) atoms. The third-order valence-electron chi connectivity index (χ3n) is 6.66. The minimum Gasteiger partial charge on any atom is -0.312 e. The van der Waals surface area contributed by atoms with E-state index in [0.717, 1.165) is 47.3 Å². The lowest BCUT2D eigenvalue weighted by molar-refractivity contribution is -0.118. The fourth-order valence-electron chi connectivity index (χ4n) is 5.44. The third kappa shape index (κ3) is 2.13. The molecule has 1 amide bonds. The normalized spacial score (nSPS) is 25.7. The van der Waals surface area contributed by atoms with Gasteiger partial charge in [0.05, 0.1) is 22.3 Å². The average Bonchev–Trinajstić information content (AvgIpc) is 3.27. The molecule has 0 radical (unpaired) electrons. The van der Waals surface area contributed by atoms with Crippen LogP contribution < -0.4 is 4.90 Å². The molecule has 2 bridgehead atoms. The minimum atomic E-state index is -3.63. The molecule has 5 heterocycles. The number of rotatable bonds is 2. The molecule has 1 saturated heterocycles. The van der Waals surface area contributed by atoms with Gasteiger partial charge in [-0.25, -0.2) is 18.4 Å². The maximum Gasteiger partial charge on any atom is 0.243 e. The van der Waals surface area contributed by atoms with Crippen molar-refractivity contribution in [1.29, 1.82) is 0 Å². The highest BCUT2D eigenvalue weighted by atomic mass is 32.2. The Labute approximate surface area is 163 Å². The number of benzene rings is 1. The summed E-state index contributed by atoms with van der Waals surface area (Å²) in [5.74, 6) is 0.146. The highest BCUT2D eigenvalue weighted by molar-refractivity contribution is 7.89. The predicted octanol–water partition coefficient (Wildman–Crippen LogP) is 1.76. The lowest BCUT2D eigenvalue weighted by Gasteiger charge is -2.34. The Morgan fingerprint density at radius 3 is 2.75 bits per heavy atom. The summed E-state index contributed by atoms with van der Waals surface area (Å²) in [5, 5.41) is 0. The van der Waals surface area contributed by atoms with Gasteiger partial charge in [0.15, 0.2) is 0 Å². The highest BCUT2D eigenvalue weighted by Gasteiger charge is 2.48. The van der Waals surface area contributed by atoms with E-state index in [2.05, 4.69) is 9.97 Å². The zero-order valence-corrected chi connectivity index (χ0v) is 16.2. The fourth-order valence-corrected chi connectivity index (χ4v) is 7.39. The van der Waals surface area contributed by atoms with Crippen LogP contribution in [0.4, 0.5) is 5.69 Å². The van der Waals surface area contributed by atoms with E-state index < -0.39 is 10.0 Å². The zero-order valence-electron chi connectivity index (χ0n) is 15.3. The number of aryl methyl sites for hydroxylation is 1. The van der Waals surface area contributed by atoms with Crippen molar-refractivity contribution >= 4 is 21.6 Å². The molecule has 6 rings (SSSR count). The van der Waals surface area contributed by atoms with Crippen LogP contribution >= 0.6 is 0 Å². The summed E-state index contributed by atoms with van der Waals surface area (Å²) < 4.78 is 29.1. The van der Waals surface area contributed by atoms with E-state index >= 15 is 0 Å². The molecule has 8 heteroatoms. The zero-order chi connectivity index (χ0) is 19.0. The monoisotopic (exact) mass is 396 g/mol. The molecular formula is C20H20N4O3S. The predicted molar refractivity (Wildman–Crippen MR) is 101 cm³/mol. The van der Waals surface area contributed by atoms with Crippen LogP contribution in [0.25, 0.3) is 0 Å². The van der Waals surface area contributed by atoms with Gasteiger partial charge in [0.1, 0.15) is 6.33 Å². The van der Waals surface area contributed by atoms with Crippen LogP contribution in [0.5, 0.6) is 0 Å². The number of carbonyl (C=O) groups is 1. The van der Waals surface area contributed by atoms with Gasteiger partial charge in [-0.15, -0.1) is 0 Å². The summed E-state index contributed by atoms with van der Waals surface area (Å²) in [7, 11) is -3.63. The Bertz CT molecular complexity index is 1130. The van der Waals surface area contributed by atoms with Crippen LogP contribution in [-0.2, 0) is 34.1 Å². The maximum absolute atomic E-state index is 13.7. The van der Waals surface area contributed by atoms with Gasteiger partial charge in [0.2, 0.25) is 15.9 Å². The van der Waals surface area contributed by atoms with Gasteiger partial charge in [-0.1, -0.05) is 0 Å². The average molecular weight is 396 g/mol. The second-order valence-corrected chi connectivity index (χ2v) is 9.94. The molecule has 2 unspecified atom stereocenters. The maximum atomic E-state index is 13.7. The van der Waals surface area contributed by atoms with Gasteiger partial charge in [-0.2, -0.15) is 4.31 Å². The summed E-state index contributed by atoms with van der Waals surface area (Å²) in [4.78, 5) is 22.9. The van der Waals surface area contributed by atoms with E-state index in [4.69, 9.17) is 0 Å². The summed E-state index contributed by atoms with van der Waals surface area (Å²) in [6, 6.07) is 3.38. The lowest BCUT2D eigenvalue weighted by Crippen LogP contribution is -2.42. The molecule has 0 spiro atoms. The molecular weight excluding hydrogens is 376 g/mol. The second kappa shape index (κ2) is 5.61. The molecule has 1 fully saturated rings. The molecule has 144 valence electrons. The topological polar surface area (TPSA) is 83.5 Å². The first-order chi connectivity index (χ1) is 13.5. The number of fused-ring (bicyclic) bond motifs is 4. The van der Waals surface area contributed by atoms with Gasteiger partial charge in [-0.05, 0) is 48.9 Å². The number of nitrogens with zero attached hydrogens (tertiary/aromatic N) is 4. The van der Waals surface area contributed by atoms with Crippen LogP contribution in [0.2, 0.25) is 0 Å². The van der Waals surface area contributed by atoms with Crippen molar-refractivity contribution in [2.75, 3.05) is 11.4 Å². The minimum absolute atomic E-state index is 0.0416. The first-order valence-corrected chi connectivity index (χ1v) is 11.3. The first kappa shape index (κ1) is 16.6. The number of sulfonamides is 1. The van der Waals surface area contributed by atoms with Gasteiger partial charge in [0, 0.05) is 37.2 Å². The molecule has 1 aromatic heterocycles. The number of hydrogen-bond donors (Lipinski definition) is 0. The van der Waals surface area contributed by atoms with Crippen molar-refractivity contribution in [2.24, 2.45) is 0 Å². The fraction of sp³-hybridized carbons (Fsp3) is 0.450. The molecule has 1 aromatic carbocycles. The van der Waals surface area contributed by atoms with Gasteiger partial charge >= 0.3 is 0 Å². The number of hydrogen-bond acceptors (Lipinski definition) is 5. The van der Waals surface area contributed by atoms with Gasteiger partial charge in [0.25, 0.3) is 0 Å². The Morgan fingerprint density at radius 2 is 1.89 bits per heavy atom. The Morgan fingerprint density at radius 1 is 1.07 bits per heavy atom. The van der Waals surface area contributed by atoms with E-state index in [9.17, 15) is 13.2 Å². The SMILES string of the molecule is O=C1CCc2cc(S(=O)(=O)N3C4CCC3c3cncnc3C4)cc3c2N1CC3. The quantitative estimate of drug-likeness (QED) is 0.772. The molecule has 2 aromatic rings. The van der Waals surface area contributed by atoms with Crippen LogP contribution in [0.15, 0.2) is 29.6 Å². The lowest BCUT2D eigenvalue weighted by atomic mass is 10.00. The summed E-state index contributed by atoms with van der Waals surface area (Å²) in [5.41, 5.74) is 4.85. The van der Waals surface area contributed by atoms with Gasteiger partial charge < -0.3 is 4.90 Å². The van der Waals surface area contributed by atoms with Crippen molar-refractivity contribution < 1.29 is 13.2 Å². The Hall–Kier alpha value is -2.32. The van der Waals surface area contributed by atoms with Crippen molar-refractivity contribution in [3.63, 3.8) is 0 Å². The van der Waals surface area contributed by atoms with Crippen LogP contribution in [0.3, 0.4) is 0 Å². The van der Waals surface area contributed by atoms with E-state index in [-0.39, 0.29) is 18.0 Å². The molecule has 4 aliphatic heterocycles. The van der Waals surface area contributed by atoms with E-state index in [1.54, 1.807) is 29.0 Å². The molecule has 2 atom stereocenters. The van der Waals surface area contributed by atoms with Crippen molar-refractivity contribution in [3.05, 3.63) is 47.0 Å². The molecule has 4 aliphatic rings. The summed E-state index contributed by atoms with van der Waals surface area (Å²) in [6.45, 7) is 0.657. The van der Waals surface area contributed by atoms with E-state index in [0.29, 0.717) is 30.7 Å². The first-order valence-electron chi connectivity index (χ1n) is 9.82. The Balaban J connectivity index is 1.45. The van der Waals surface area contributed by atoms with Crippen LogP contribution in [0.1, 0.15) is 47.7 Å². The largest absolute Gasteiger partial charge is 0.312 e. The molecule has 0 aliphatic carbocycles. The van der Waals surface area contributed by atoms with Crippen molar-refractivity contribution in [1.82, 2.24) is 14.3 Å². The smallest absolute Gasteiger partial charge is 0.243 e. The number of amides is 1. The van der Waals surface area contributed by atoms with Crippen LogP contribution in [-0.4, -0.2) is 41.2 Å².